The molecule has 0 saturated carbocycles. The van der Waals surface area contributed by atoms with Crippen molar-refractivity contribution in [3.05, 3.63) is 69.8 Å². The highest BCUT2D eigenvalue weighted by Crippen LogP contribution is 2.23. The molecule has 0 saturated heterocycles. The van der Waals surface area contributed by atoms with Gasteiger partial charge in [-0.15, -0.1) is 5.10 Å². The highest BCUT2D eigenvalue weighted by atomic mass is 32.2. The van der Waals surface area contributed by atoms with Gasteiger partial charge in [0.2, 0.25) is 0 Å². The number of nitro benzene ring substituents is 1. The van der Waals surface area contributed by atoms with Gasteiger partial charge in [-0.1, -0.05) is 42.1 Å². The monoisotopic (exact) mass is 416 g/mol. The lowest BCUT2D eigenvalue weighted by atomic mass is 10.2. The van der Waals surface area contributed by atoms with Crippen molar-refractivity contribution in [1.29, 1.82) is 0 Å². The molecule has 0 amide bonds. The molecule has 0 unspecified atom stereocenters. The Morgan fingerprint density at radius 3 is 2.72 bits per heavy atom. The fourth-order valence-corrected chi connectivity index (χ4v) is 2.83. The zero-order valence-corrected chi connectivity index (χ0v) is 16.2. The smallest absolute Gasteiger partial charge is 0.303 e. The summed E-state index contributed by atoms with van der Waals surface area (Å²) in [5.74, 6) is 0.0921. The standard InChI is InChI=1S/C19H20N4O5S/c20-19(29-13-14-5-2-1-3-6-14)22-21-12-15-11-16(8-9-17(15)23(26)27)28-10-4-7-18(24)25/h1-3,5-6,8-9,11-12H,4,7,10,13H2,(H2,20,22)(H,24,25). The molecule has 0 spiro atoms. The molecule has 2 rings (SSSR count). The van der Waals surface area contributed by atoms with Gasteiger partial charge in [-0.05, 0) is 24.1 Å². The van der Waals surface area contributed by atoms with Crippen LogP contribution in [0.2, 0.25) is 0 Å². The number of rotatable bonds is 10. The summed E-state index contributed by atoms with van der Waals surface area (Å²) in [6, 6.07) is 13.9. The summed E-state index contributed by atoms with van der Waals surface area (Å²) in [6.07, 6.45) is 1.54. The van der Waals surface area contributed by atoms with Crippen LogP contribution in [0.25, 0.3) is 0 Å². The Balaban J connectivity index is 2.01. The van der Waals surface area contributed by atoms with Crippen molar-refractivity contribution in [2.24, 2.45) is 15.9 Å². The topological polar surface area (TPSA) is 140 Å². The van der Waals surface area contributed by atoms with Crippen molar-refractivity contribution >= 4 is 34.8 Å². The molecule has 9 nitrogen and oxygen atoms in total. The van der Waals surface area contributed by atoms with E-state index in [0.717, 1.165) is 5.56 Å². The van der Waals surface area contributed by atoms with Gasteiger partial charge in [0.25, 0.3) is 5.69 Å². The van der Waals surface area contributed by atoms with Crippen molar-refractivity contribution < 1.29 is 19.6 Å². The van der Waals surface area contributed by atoms with E-state index < -0.39 is 10.9 Å². The summed E-state index contributed by atoms with van der Waals surface area (Å²) < 4.78 is 5.43. The average Bonchev–Trinajstić information content (AvgIpc) is 2.70. The molecule has 3 N–H and O–H groups in total. The van der Waals surface area contributed by atoms with E-state index in [9.17, 15) is 14.9 Å². The third-order valence-electron chi connectivity index (χ3n) is 3.58. The van der Waals surface area contributed by atoms with Crippen LogP contribution in [0.5, 0.6) is 5.75 Å². The lowest BCUT2D eigenvalue weighted by Crippen LogP contribution is -2.06. The Morgan fingerprint density at radius 1 is 1.28 bits per heavy atom. The normalized spacial score (nSPS) is 11.5. The first-order valence-electron chi connectivity index (χ1n) is 8.62. The van der Waals surface area contributed by atoms with Crippen molar-refractivity contribution in [3.63, 3.8) is 0 Å². The number of benzene rings is 2. The number of carboxylic acids is 1. The fourth-order valence-electron chi connectivity index (χ4n) is 2.21. The van der Waals surface area contributed by atoms with Gasteiger partial charge < -0.3 is 15.6 Å². The molecule has 0 atom stereocenters. The molecule has 29 heavy (non-hydrogen) atoms. The van der Waals surface area contributed by atoms with E-state index in [4.69, 9.17) is 15.6 Å². The lowest BCUT2D eigenvalue weighted by molar-refractivity contribution is -0.385. The highest BCUT2D eigenvalue weighted by Gasteiger charge is 2.13. The molecule has 10 heteroatoms. The van der Waals surface area contributed by atoms with E-state index in [2.05, 4.69) is 10.2 Å². The summed E-state index contributed by atoms with van der Waals surface area (Å²) in [4.78, 5) is 21.2. The number of carbonyl (C=O) groups is 1. The number of aliphatic carboxylic acids is 1. The summed E-state index contributed by atoms with van der Waals surface area (Å²) in [5, 5.41) is 27.7. The maximum Gasteiger partial charge on any atom is 0.303 e. The Morgan fingerprint density at radius 2 is 2.03 bits per heavy atom. The quantitative estimate of drug-likeness (QED) is 0.199. The first-order chi connectivity index (χ1) is 14.0. The van der Waals surface area contributed by atoms with Gasteiger partial charge in [-0.2, -0.15) is 5.10 Å². The molecule has 0 fully saturated rings. The van der Waals surface area contributed by atoms with Crippen LogP contribution in [-0.2, 0) is 10.5 Å². The number of thioether (sulfide) groups is 1. The predicted octanol–water partition coefficient (Wildman–Crippen LogP) is 3.42. The molecular formula is C19H20N4O5S. The molecule has 0 aliphatic rings. The molecule has 0 heterocycles. The van der Waals surface area contributed by atoms with E-state index in [0.29, 0.717) is 17.9 Å². The van der Waals surface area contributed by atoms with Crippen LogP contribution in [-0.4, -0.2) is 34.0 Å². The summed E-state index contributed by atoms with van der Waals surface area (Å²) in [5.41, 5.74) is 6.95. The van der Waals surface area contributed by atoms with E-state index in [1.54, 1.807) is 0 Å². The number of ether oxygens (including phenoxy) is 1. The summed E-state index contributed by atoms with van der Waals surface area (Å²) in [7, 11) is 0. The van der Waals surface area contributed by atoms with Gasteiger partial charge in [0, 0.05) is 18.2 Å². The summed E-state index contributed by atoms with van der Waals surface area (Å²) >= 11 is 1.30. The Bertz CT molecular complexity index is 903. The van der Waals surface area contributed by atoms with E-state index >= 15 is 0 Å². The number of hydrogen-bond acceptors (Lipinski definition) is 7. The van der Waals surface area contributed by atoms with E-state index in [1.165, 1.54) is 36.2 Å². The number of nitrogens with two attached hydrogens (primary N) is 1. The number of amidine groups is 1. The van der Waals surface area contributed by atoms with Crippen molar-refractivity contribution in [2.75, 3.05) is 6.61 Å². The maximum absolute atomic E-state index is 11.2. The minimum atomic E-state index is -0.911. The highest BCUT2D eigenvalue weighted by molar-refractivity contribution is 8.13. The molecule has 152 valence electrons. The number of nitro groups is 1. The minimum Gasteiger partial charge on any atom is -0.494 e. The average molecular weight is 416 g/mol. The number of nitrogens with zero attached hydrogens (tertiary/aromatic N) is 3. The van der Waals surface area contributed by atoms with Crippen molar-refractivity contribution in [2.45, 2.75) is 18.6 Å². The molecule has 0 aliphatic carbocycles. The van der Waals surface area contributed by atoms with Crippen LogP contribution in [0.1, 0.15) is 24.0 Å². The zero-order valence-electron chi connectivity index (χ0n) is 15.4. The number of carboxylic acid groups (broad SMARTS) is 1. The van der Waals surface area contributed by atoms with Gasteiger partial charge in [0.1, 0.15) is 5.75 Å². The van der Waals surface area contributed by atoms with Crippen LogP contribution in [0, 0.1) is 10.1 Å². The van der Waals surface area contributed by atoms with Crippen LogP contribution in [0.15, 0.2) is 58.7 Å². The van der Waals surface area contributed by atoms with Gasteiger partial charge in [0.15, 0.2) is 5.17 Å². The Kier molecular flexibility index (Phi) is 8.64. The van der Waals surface area contributed by atoms with Gasteiger partial charge in [-0.3, -0.25) is 14.9 Å². The third-order valence-corrected chi connectivity index (χ3v) is 4.44. The molecule has 0 bridgehead atoms. The SMILES string of the molecule is NC(=NN=Cc1cc(OCCCC(=O)O)ccc1[N+](=O)[O-])SCc1ccccc1. The predicted molar refractivity (Wildman–Crippen MR) is 112 cm³/mol. The Hall–Kier alpha value is -3.40. The van der Waals surface area contributed by atoms with Gasteiger partial charge in [0.05, 0.1) is 23.3 Å². The van der Waals surface area contributed by atoms with E-state index in [1.807, 2.05) is 30.3 Å². The summed E-state index contributed by atoms with van der Waals surface area (Å²) in [6.45, 7) is 0.182. The van der Waals surface area contributed by atoms with Gasteiger partial charge >= 0.3 is 5.97 Å². The van der Waals surface area contributed by atoms with Crippen LogP contribution >= 0.6 is 11.8 Å². The zero-order chi connectivity index (χ0) is 21.1. The number of hydrogen-bond donors (Lipinski definition) is 2. The van der Waals surface area contributed by atoms with Crippen LogP contribution in [0.3, 0.4) is 0 Å². The van der Waals surface area contributed by atoms with Crippen LogP contribution in [0.4, 0.5) is 5.69 Å². The molecule has 2 aromatic carbocycles. The maximum atomic E-state index is 11.2. The van der Waals surface area contributed by atoms with Crippen LogP contribution < -0.4 is 10.5 Å². The molecular weight excluding hydrogens is 396 g/mol. The largest absolute Gasteiger partial charge is 0.494 e. The molecule has 2 aromatic rings. The minimum absolute atomic E-state index is 0.0179. The van der Waals surface area contributed by atoms with Crippen molar-refractivity contribution in [3.8, 4) is 5.75 Å². The van der Waals surface area contributed by atoms with Gasteiger partial charge in [-0.25, -0.2) is 0 Å². The second-order valence-corrected chi connectivity index (χ2v) is 6.78. The van der Waals surface area contributed by atoms with Crippen molar-refractivity contribution in [1.82, 2.24) is 0 Å². The molecule has 0 radical (unpaired) electrons. The second-order valence-electron chi connectivity index (χ2n) is 5.78. The van der Waals surface area contributed by atoms with E-state index in [-0.39, 0.29) is 29.4 Å². The third kappa shape index (κ3) is 8.01. The second kappa shape index (κ2) is 11.4. The molecule has 0 aliphatic heterocycles. The molecule has 0 aromatic heterocycles. The Labute approximate surface area is 171 Å². The fraction of sp³-hybridized carbons (Fsp3) is 0.211. The lowest BCUT2D eigenvalue weighted by Gasteiger charge is -2.06. The first-order valence-corrected chi connectivity index (χ1v) is 9.60. The first kappa shape index (κ1) is 21.9.